The minimum absolute atomic E-state index is 0.00578. The molecule has 2 aromatic carbocycles. The predicted octanol–water partition coefficient (Wildman–Crippen LogP) is 5.26. The molecular formula is C32H30FN5O3. The molecule has 2 amide bonds. The standard InChI is InChI=1S/C32H30FN5O3/c1-4-30(39)37-17-24(13-20(37)2)38-18-28(22-9-11-34-12-10-22)31(35-38)27-14-21(5-8-29(27)33)19-41-25-6-7-26-23(15-25)16-36(3)32(26)40/h4-12,14-15,18,20,24H,1,13,16-17,19H2,2-3H3/t20-,24+/m1/s1. The fourth-order valence-electron chi connectivity index (χ4n) is 5.68. The Kier molecular flexibility index (Phi) is 6.86. The molecule has 2 aliphatic heterocycles. The highest BCUT2D eigenvalue weighted by atomic mass is 19.1. The molecule has 0 bridgehead atoms. The summed E-state index contributed by atoms with van der Waals surface area (Å²) in [4.78, 5) is 32.1. The molecule has 2 aromatic heterocycles. The summed E-state index contributed by atoms with van der Waals surface area (Å²) in [6, 6.07) is 14.1. The van der Waals surface area contributed by atoms with E-state index in [0.29, 0.717) is 35.7 Å². The summed E-state index contributed by atoms with van der Waals surface area (Å²) in [6.07, 6.45) is 7.38. The number of aromatic nitrogens is 3. The van der Waals surface area contributed by atoms with E-state index in [2.05, 4.69) is 11.6 Å². The van der Waals surface area contributed by atoms with Crippen LogP contribution in [0.1, 0.15) is 40.9 Å². The van der Waals surface area contributed by atoms with Gasteiger partial charge in [0.1, 0.15) is 23.9 Å². The molecule has 8 nitrogen and oxygen atoms in total. The number of hydrogen-bond donors (Lipinski definition) is 0. The number of carbonyl (C=O) groups is 2. The number of carbonyl (C=O) groups excluding carboxylic acids is 2. The first-order valence-electron chi connectivity index (χ1n) is 13.5. The number of rotatable bonds is 7. The summed E-state index contributed by atoms with van der Waals surface area (Å²) in [6.45, 7) is 6.90. The van der Waals surface area contributed by atoms with E-state index < -0.39 is 5.82 Å². The van der Waals surface area contributed by atoms with Gasteiger partial charge < -0.3 is 14.5 Å². The second-order valence-electron chi connectivity index (χ2n) is 10.6. The minimum Gasteiger partial charge on any atom is -0.489 e. The SMILES string of the molecule is C=CC(=O)N1C[C@@H](n2cc(-c3ccncc3)c(-c3cc(COc4ccc5c(c4)CN(C)C5=O)ccc3F)n2)C[C@H]1C. The van der Waals surface area contributed by atoms with E-state index in [0.717, 1.165) is 28.7 Å². The van der Waals surface area contributed by atoms with Gasteiger partial charge >= 0.3 is 0 Å². The van der Waals surface area contributed by atoms with Crippen molar-refractivity contribution in [1.29, 1.82) is 0 Å². The third-order valence-corrected chi connectivity index (χ3v) is 7.86. The van der Waals surface area contributed by atoms with Crippen LogP contribution in [0.2, 0.25) is 0 Å². The molecule has 0 N–H and O–H groups in total. The average Bonchev–Trinajstić information content (AvgIpc) is 3.68. The van der Waals surface area contributed by atoms with Crippen molar-refractivity contribution in [3.8, 4) is 28.1 Å². The molecule has 2 aliphatic rings. The number of nitrogens with zero attached hydrogens (tertiary/aromatic N) is 5. The van der Waals surface area contributed by atoms with Gasteiger partial charge in [0.05, 0.1) is 6.04 Å². The van der Waals surface area contributed by atoms with E-state index in [1.165, 1.54) is 12.1 Å². The Morgan fingerprint density at radius 1 is 1.12 bits per heavy atom. The predicted molar refractivity (Wildman–Crippen MR) is 152 cm³/mol. The van der Waals surface area contributed by atoms with Gasteiger partial charge in [0.2, 0.25) is 5.91 Å². The van der Waals surface area contributed by atoms with Gasteiger partial charge in [-0.1, -0.05) is 12.6 Å². The number of halogens is 1. The Hall–Kier alpha value is -4.79. The smallest absolute Gasteiger partial charge is 0.254 e. The molecular weight excluding hydrogens is 521 g/mol. The maximum Gasteiger partial charge on any atom is 0.254 e. The quantitative estimate of drug-likeness (QED) is 0.293. The largest absolute Gasteiger partial charge is 0.489 e. The fourth-order valence-corrected chi connectivity index (χ4v) is 5.68. The summed E-state index contributed by atoms with van der Waals surface area (Å²) in [5.74, 6) is 0.152. The minimum atomic E-state index is -0.392. The Morgan fingerprint density at radius 3 is 2.71 bits per heavy atom. The van der Waals surface area contributed by atoms with Crippen molar-refractivity contribution < 1.29 is 18.7 Å². The topological polar surface area (TPSA) is 80.6 Å². The monoisotopic (exact) mass is 551 g/mol. The van der Waals surface area contributed by atoms with Crippen LogP contribution in [0.4, 0.5) is 4.39 Å². The number of ether oxygens (including phenoxy) is 1. The van der Waals surface area contributed by atoms with Crippen LogP contribution in [-0.2, 0) is 17.9 Å². The van der Waals surface area contributed by atoms with Crippen molar-refractivity contribution in [3.63, 3.8) is 0 Å². The number of benzene rings is 2. The van der Waals surface area contributed by atoms with Gasteiger partial charge in [-0.2, -0.15) is 5.10 Å². The van der Waals surface area contributed by atoms with Crippen LogP contribution < -0.4 is 4.74 Å². The Morgan fingerprint density at radius 2 is 1.93 bits per heavy atom. The van der Waals surface area contributed by atoms with Crippen LogP contribution in [0.15, 0.2) is 79.8 Å². The van der Waals surface area contributed by atoms with Gasteiger partial charge in [-0.25, -0.2) is 4.39 Å². The van der Waals surface area contributed by atoms with E-state index in [1.807, 2.05) is 36.0 Å². The number of likely N-dealkylation sites (tertiary alicyclic amines) is 1. The lowest BCUT2D eigenvalue weighted by molar-refractivity contribution is -0.126. The summed E-state index contributed by atoms with van der Waals surface area (Å²) in [5, 5.41) is 4.88. The molecule has 0 radical (unpaired) electrons. The van der Waals surface area contributed by atoms with Crippen molar-refractivity contribution in [2.24, 2.45) is 0 Å². The Bertz CT molecular complexity index is 1650. The molecule has 9 heteroatoms. The lowest BCUT2D eigenvalue weighted by Crippen LogP contribution is -2.32. The first kappa shape index (κ1) is 26.4. The Balaban J connectivity index is 1.30. The molecule has 0 aliphatic carbocycles. The molecule has 4 aromatic rings. The molecule has 0 unspecified atom stereocenters. The van der Waals surface area contributed by atoms with E-state index in [4.69, 9.17) is 9.84 Å². The van der Waals surface area contributed by atoms with Crippen LogP contribution in [-0.4, -0.2) is 56.0 Å². The van der Waals surface area contributed by atoms with E-state index in [-0.39, 0.29) is 30.5 Å². The maximum absolute atomic E-state index is 15.4. The number of pyridine rings is 1. The molecule has 1 fully saturated rings. The van der Waals surface area contributed by atoms with Crippen molar-refractivity contribution in [2.75, 3.05) is 13.6 Å². The third kappa shape index (κ3) is 4.99. The van der Waals surface area contributed by atoms with Crippen molar-refractivity contribution >= 4 is 11.8 Å². The zero-order valence-electron chi connectivity index (χ0n) is 23.0. The second kappa shape index (κ2) is 10.6. The zero-order valence-corrected chi connectivity index (χ0v) is 23.0. The van der Waals surface area contributed by atoms with E-state index in [1.54, 1.807) is 53.5 Å². The van der Waals surface area contributed by atoms with Gasteiger partial charge in [-0.3, -0.25) is 19.3 Å². The van der Waals surface area contributed by atoms with Gasteiger partial charge in [0, 0.05) is 61.5 Å². The molecule has 208 valence electrons. The van der Waals surface area contributed by atoms with Crippen LogP contribution in [0.3, 0.4) is 0 Å². The van der Waals surface area contributed by atoms with Gasteiger partial charge in [0.15, 0.2) is 0 Å². The lowest BCUT2D eigenvalue weighted by atomic mass is 10.0. The summed E-state index contributed by atoms with van der Waals surface area (Å²) < 4.78 is 23.3. The van der Waals surface area contributed by atoms with Crippen molar-refractivity contribution in [2.45, 2.75) is 38.6 Å². The summed E-state index contributed by atoms with van der Waals surface area (Å²) in [7, 11) is 1.77. The molecule has 41 heavy (non-hydrogen) atoms. The molecule has 2 atom stereocenters. The van der Waals surface area contributed by atoms with Gasteiger partial charge in [0.25, 0.3) is 5.91 Å². The summed E-state index contributed by atoms with van der Waals surface area (Å²) in [5.41, 5.74) is 4.91. The van der Waals surface area contributed by atoms with E-state index in [9.17, 15) is 9.59 Å². The van der Waals surface area contributed by atoms with E-state index >= 15 is 4.39 Å². The van der Waals surface area contributed by atoms with Crippen molar-refractivity contribution in [3.05, 3.63) is 102 Å². The van der Waals surface area contributed by atoms with Crippen molar-refractivity contribution in [1.82, 2.24) is 24.6 Å². The zero-order chi connectivity index (χ0) is 28.7. The second-order valence-corrected chi connectivity index (χ2v) is 10.6. The highest BCUT2D eigenvalue weighted by Gasteiger charge is 2.33. The molecule has 6 rings (SSSR count). The third-order valence-electron chi connectivity index (χ3n) is 7.86. The number of hydrogen-bond acceptors (Lipinski definition) is 5. The molecule has 0 saturated carbocycles. The normalized spacial score (nSPS) is 18.1. The average molecular weight is 552 g/mol. The number of fused-ring (bicyclic) bond motifs is 1. The van der Waals surface area contributed by atoms with Gasteiger partial charge in [-0.05, 0) is 78.6 Å². The fraction of sp³-hybridized carbons (Fsp3) is 0.250. The van der Waals surface area contributed by atoms with Crippen LogP contribution in [0.25, 0.3) is 22.4 Å². The number of amides is 2. The van der Waals surface area contributed by atoms with Crippen LogP contribution in [0, 0.1) is 5.82 Å². The molecule has 0 spiro atoms. The lowest BCUT2D eigenvalue weighted by Gasteiger charge is -2.18. The Labute approximate surface area is 237 Å². The summed E-state index contributed by atoms with van der Waals surface area (Å²) >= 11 is 0. The highest BCUT2D eigenvalue weighted by molar-refractivity contribution is 5.98. The first-order chi connectivity index (χ1) is 19.8. The highest BCUT2D eigenvalue weighted by Crippen LogP contribution is 2.36. The van der Waals surface area contributed by atoms with Crippen LogP contribution in [0.5, 0.6) is 5.75 Å². The maximum atomic E-state index is 15.4. The first-order valence-corrected chi connectivity index (χ1v) is 13.5. The molecule has 1 saturated heterocycles. The molecule has 4 heterocycles. The van der Waals surface area contributed by atoms with Gasteiger partial charge in [-0.15, -0.1) is 0 Å². The van der Waals surface area contributed by atoms with Crippen LogP contribution >= 0.6 is 0 Å².